The summed E-state index contributed by atoms with van der Waals surface area (Å²) in [5.41, 5.74) is 1.11. The average molecular weight is 233 g/mol. The molecule has 0 aliphatic carbocycles. The molecule has 0 aromatic carbocycles. The van der Waals surface area contributed by atoms with E-state index in [0.717, 1.165) is 31.1 Å². The van der Waals surface area contributed by atoms with Crippen molar-refractivity contribution < 1.29 is 0 Å². The number of anilines is 1. The second kappa shape index (κ2) is 6.01. The van der Waals surface area contributed by atoms with Crippen LogP contribution in [0.3, 0.4) is 0 Å². The van der Waals surface area contributed by atoms with Crippen LogP contribution in [0.4, 0.5) is 5.82 Å². The normalized spacial score (nSPS) is 17.4. The van der Waals surface area contributed by atoms with Crippen molar-refractivity contribution >= 4 is 5.82 Å². The van der Waals surface area contributed by atoms with Crippen molar-refractivity contribution in [2.75, 3.05) is 24.5 Å². The molecule has 0 unspecified atom stereocenters. The Morgan fingerprint density at radius 3 is 2.76 bits per heavy atom. The number of hydrogen-bond donors (Lipinski definition) is 1. The fourth-order valence-corrected chi connectivity index (χ4v) is 2.37. The molecule has 1 saturated heterocycles. The smallest absolute Gasteiger partial charge is 0.128 e. The second-order valence-corrected chi connectivity index (χ2v) is 4.85. The lowest BCUT2D eigenvalue weighted by molar-refractivity contribution is 0.414. The molecule has 0 radical (unpaired) electrons. The van der Waals surface area contributed by atoms with Crippen LogP contribution in [0.2, 0.25) is 0 Å². The van der Waals surface area contributed by atoms with Gasteiger partial charge in [-0.2, -0.15) is 0 Å². The molecule has 0 bridgehead atoms. The van der Waals surface area contributed by atoms with E-state index >= 15 is 0 Å². The van der Waals surface area contributed by atoms with Gasteiger partial charge in [0.25, 0.3) is 0 Å². The summed E-state index contributed by atoms with van der Waals surface area (Å²) in [6, 6.07) is 6.97. The highest BCUT2D eigenvalue weighted by molar-refractivity contribution is 5.39. The minimum Gasteiger partial charge on any atom is -0.356 e. The van der Waals surface area contributed by atoms with Gasteiger partial charge in [0.1, 0.15) is 5.82 Å². The molecule has 1 aromatic heterocycles. The predicted molar refractivity (Wildman–Crippen MR) is 72.5 cm³/mol. The summed E-state index contributed by atoms with van der Waals surface area (Å²) in [7, 11) is 0. The van der Waals surface area contributed by atoms with Crippen molar-refractivity contribution in [1.29, 1.82) is 0 Å². The number of nitrogens with one attached hydrogen (secondary N) is 1. The lowest BCUT2D eigenvalue weighted by atomic mass is 10.0. The first-order valence-corrected chi connectivity index (χ1v) is 6.71. The van der Waals surface area contributed by atoms with Crippen molar-refractivity contribution in [1.82, 2.24) is 10.3 Å². The molecule has 0 atom stereocenters. The third kappa shape index (κ3) is 3.43. The van der Waals surface area contributed by atoms with Crippen molar-refractivity contribution in [3.63, 3.8) is 0 Å². The standard InChI is InChI=1S/C14H23N3/c1-3-9-15-13-7-10-17(11-8-13)14-6-4-5-12(2)16-14/h4-6,13,15H,3,7-11H2,1-2H3. The molecule has 0 saturated carbocycles. The SMILES string of the molecule is CCCNC1CCN(c2cccc(C)n2)CC1. The fraction of sp³-hybridized carbons (Fsp3) is 0.643. The van der Waals surface area contributed by atoms with Gasteiger partial charge in [0.2, 0.25) is 0 Å². The molecule has 3 heteroatoms. The Bertz CT molecular complexity index is 343. The van der Waals surface area contributed by atoms with Gasteiger partial charge in [-0.25, -0.2) is 4.98 Å². The Labute approximate surface area is 104 Å². The molecule has 17 heavy (non-hydrogen) atoms. The summed E-state index contributed by atoms with van der Waals surface area (Å²) in [5, 5.41) is 3.61. The van der Waals surface area contributed by atoms with Crippen molar-refractivity contribution in [2.45, 2.75) is 39.2 Å². The zero-order chi connectivity index (χ0) is 12.1. The van der Waals surface area contributed by atoms with Crippen LogP contribution in [0.5, 0.6) is 0 Å². The summed E-state index contributed by atoms with van der Waals surface area (Å²) in [6.45, 7) is 7.67. The van der Waals surface area contributed by atoms with Crippen molar-refractivity contribution in [3.05, 3.63) is 23.9 Å². The number of aryl methyl sites for hydroxylation is 1. The van der Waals surface area contributed by atoms with E-state index < -0.39 is 0 Å². The van der Waals surface area contributed by atoms with Crippen LogP contribution in [0, 0.1) is 6.92 Å². The molecular weight excluding hydrogens is 210 g/mol. The zero-order valence-electron chi connectivity index (χ0n) is 10.9. The van der Waals surface area contributed by atoms with E-state index in [1.54, 1.807) is 0 Å². The summed E-state index contributed by atoms with van der Waals surface area (Å²) in [4.78, 5) is 6.99. The van der Waals surface area contributed by atoms with Gasteiger partial charge in [-0.3, -0.25) is 0 Å². The predicted octanol–water partition coefficient (Wildman–Crippen LogP) is 2.36. The summed E-state index contributed by atoms with van der Waals surface area (Å²) in [6.07, 6.45) is 3.69. The lowest BCUT2D eigenvalue weighted by Crippen LogP contribution is -2.43. The Kier molecular flexibility index (Phi) is 4.37. The maximum absolute atomic E-state index is 4.59. The fourth-order valence-electron chi connectivity index (χ4n) is 2.37. The third-order valence-electron chi connectivity index (χ3n) is 3.38. The Morgan fingerprint density at radius 2 is 2.12 bits per heavy atom. The van der Waals surface area contributed by atoms with Crippen LogP contribution < -0.4 is 10.2 Å². The van der Waals surface area contributed by atoms with E-state index in [0.29, 0.717) is 6.04 Å². The van der Waals surface area contributed by atoms with Crippen LogP contribution >= 0.6 is 0 Å². The quantitative estimate of drug-likeness (QED) is 0.865. The average Bonchev–Trinajstić information content (AvgIpc) is 2.37. The molecule has 1 fully saturated rings. The summed E-state index contributed by atoms with van der Waals surface area (Å²) < 4.78 is 0. The monoisotopic (exact) mass is 233 g/mol. The molecule has 94 valence electrons. The molecular formula is C14H23N3. The molecule has 0 amide bonds. The van der Waals surface area contributed by atoms with Crippen LogP contribution in [0.1, 0.15) is 31.9 Å². The summed E-state index contributed by atoms with van der Waals surface area (Å²) >= 11 is 0. The minimum atomic E-state index is 0.705. The molecule has 1 aliphatic rings. The minimum absolute atomic E-state index is 0.705. The first kappa shape index (κ1) is 12.4. The number of aromatic nitrogens is 1. The van der Waals surface area contributed by atoms with Gasteiger partial charge >= 0.3 is 0 Å². The highest BCUT2D eigenvalue weighted by atomic mass is 15.2. The lowest BCUT2D eigenvalue weighted by Gasteiger charge is -2.33. The van der Waals surface area contributed by atoms with Crippen molar-refractivity contribution in [2.24, 2.45) is 0 Å². The van der Waals surface area contributed by atoms with Gasteiger partial charge in [0.15, 0.2) is 0 Å². The van der Waals surface area contributed by atoms with E-state index in [1.165, 1.54) is 19.3 Å². The molecule has 1 aromatic rings. The van der Waals surface area contributed by atoms with Crippen LogP contribution in [-0.2, 0) is 0 Å². The topological polar surface area (TPSA) is 28.2 Å². The molecule has 3 nitrogen and oxygen atoms in total. The highest BCUT2D eigenvalue weighted by Gasteiger charge is 2.19. The third-order valence-corrected chi connectivity index (χ3v) is 3.38. The van der Waals surface area contributed by atoms with Gasteiger partial charge in [-0.1, -0.05) is 13.0 Å². The first-order valence-electron chi connectivity index (χ1n) is 6.71. The van der Waals surface area contributed by atoms with Crippen LogP contribution in [0.25, 0.3) is 0 Å². The number of hydrogen-bond acceptors (Lipinski definition) is 3. The Balaban J connectivity index is 1.86. The van der Waals surface area contributed by atoms with Gasteiger partial charge in [0, 0.05) is 24.8 Å². The van der Waals surface area contributed by atoms with E-state index in [2.05, 4.69) is 47.2 Å². The van der Waals surface area contributed by atoms with E-state index in [9.17, 15) is 0 Å². The molecule has 1 aliphatic heterocycles. The summed E-state index contributed by atoms with van der Waals surface area (Å²) in [5.74, 6) is 1.14. The van der Waals surface area contributed by atoms with Crippen molar-refractivity contribution in [3.8, 4) is 0 Å². The van der Waals surface area contributed by atoms with Gasteiger partial charge < -0.3 is 10.2 Å². The van der Waals surface area contributed by atoms with Crippen LogP contribution in [-0.4, -0.2) is 30.7 Å². The Hall–Kier alpha value is -1.09. The number of piperidine rings is 1. The molecule has 2 rings (SSSR count). The highest BCUT2D eigenvalue weighted by Crippen LogP contribution is 2.18. The zero-order valence-corrected chi connectivity index (χ0v) is 10.9. The number of pyridine rings is 1. The number of rotatable bonds is 4. The molecule has 1 N–H and O–H groups in total. The number of nitrogens with zero attached hydrogens (tertiary/aromatic N) is 2. The van der Waals surface area contributed by atoms with Gasteiger partial charge in [0.05, 0.1) is 0 Å². The first-order chi connectivity index (χ1) is 8.29. The van der Waals surface area contributed by atoms with E-state index in [1.807, 2.05) is 0 Å². The Morgan fingerprint density at radius 1 is 1.35 bits per heavy atom. The van der Waals surface area contributed by atoms with E-state index in [-0.39, 0.29) is 0 Å². The van der Waals surface area contributed by atoms with E-state index in [4.69, 9.17) is 0 Å². The van der Waals surface area contributed by atoms with Gasteiger partial charge in [-0.15, -0.1) is 0 Å². The molecule has 0 spiro atoms. The maximum atomic E-state index is 4.59. The second-order valence-electron chi connectivity index (χ2n) is 4.85. The largest absolute Gasteiger partial charge is 0.356 e. The van der Waals surface area contributed by atoms with Gasteiger partial charge in [-0.05, 0) is 44.9 Å². The maximum Gasteiger partial charge on any atom is 0.128 e. The van der Waals surface area contributed by atoms with Crippen LogP contribution in [0.15, 0.2) is 18.2 Å². The molecule has 2 heterocycles.